The van der Waals surface area contributed by atoms with Crippen molar-refractivity contribution < 1.29 is 9.53 Å². The molecule has 0 aliphatic carbocycles. The summed E-state index contributed by atoms with van der Waals surface area (Å²) >= 11 is 0. The van der Waals surface area contributed by atoms with Gasteiger partial charge in [0.1, 0.15) is 11.9 Å². The smallest absolute Gasteiger partial charge is 0.352 e. The standard InChI is InChI=1S/C10H17N3O2/c1-3-5-6-13-9(12)8(7-11)10(14)15-4-2/h13H,3-6,12H2,1-2H3/b9-8+. The van der Waals surface area contributed by atoms with Crippen LogP contribution in [0.5, 0.6) is 0 Å². The average molecular weight is 211 g/mol. The summed E-state index contributed by atoms with van der Waals surface area (Å²) in [7, 11) is 0. The molecule has 0 radical (unpaired) electrons. The van der Waals surface area contributed by atoms with Crippen LogP contribution >= 0.6 is 0 Å². The highest BCUT2D eigenvalue weighted by Crippen LogP contribution is 1.99. The molecule has 0 aromatic heterocycles. The molecule has 0 saturated heterocycles. The van der Waals surface area contributed by atoms with Gasteiger partial charge in [-0.1, -0.05) is 13.3 Å². The summed E-state index contributed by atoms with van der Waals surface area (Å²) in [6.45, 7) is 4.59. The normalized spacial score (nSPS) is 11.3. The van der Waals surface area contributed by atoms with Crippen molar-refractivity contribution in [3.05, 3.63) is 11.4 Å². The van der Waals surface area contributed by atoms with E-state index in [-0.39, 0.29) is 18.0 Å². The number of carbonyl (C=O) groups excluding carboxylic acids is 1. The molecular formula is C10H17N3O2. The van der Waals surface area contributed by atoms with E-state index in [4.69, 9.17) is 11.0 Å². The van der Waals surface area contributed by atoms with Crippen LogP contribution in [0.3, 0.4) is 0 Å². The molecule has 5 heteroatoms. The third kappa shape index (κ3) is 4.91. The molecule has 5 nitrogen and oxygen atoms in total. The molecule has 0 fully saturated rings. The van der Waals surface area contributed by atoms with Crippen molar-refractivity contribution in [1.29, 1.82) is 5.26 Å². The lowest BCUT2D eigenvalue weighted by atomic mass is 10.3. The maximum Gasteiger partial charge on any atom is 0.352 e. The van der Waals surface area contributed by atoms with Crippen LogP contribution in [0.1, 0.15) is 26.7 Å². The Kier molecular flexibility index (Phi) is 6.81. The summed E-state index contributed by atoms with van der Waals surface area (Å²) < 4.78 is 4.68. The van der Waals surface area contributed by atoms with E-state index < -0.39 is 5.97 Å². The number of hydrogen-bond donors (Lipinski definition) is 2. The Morgan fingerprint density at radius 3 is 2.67 bits per heavy atom. The number of unbranched alkanes of at least 4 members (excludes halogenated alkanes) is 1. The Morgan fingerprint density at radius 1 is 1.53 bits per heavy atom. The summed E-state index contributed by atoms with van der Waals surface area (Å²) in [5.74, 6) is -0.592. The predicted molar refractivity (Wildman–Crippen MR) is 56.4 cm³/mol. The highest BCUT2D eigenvalue weighted by Gasteiger charge is 2.14. The number of nitrogens with zero attached hydrogens (tertiary/aromatic N) is 1. The van der Waals surface area contributed by atoms with E-state index >= 15 is 0 Å². The van der Waals surface area contributed by atoms with Crippen LogP contribution in [-0.2, 0) is 9.53 Å². The van der Waals surface area contributed by atoms with Crippen LogP contribution < -0.4 is 11.1 Å². The van der Waals surface area contributed by atoms with Crippen molar-refractivity contribution in [2.24, 2.45) is 5.73 Å². The van der Waals surface area contributed by atoms with Crippen LogP contribution in [0.15, 0.2) is 11.4 Å². The minimum atomic E-state index is -0.679. The highest BCUT2D eigenvalue weighted by molar-refractivity contribution is 5.93. The number of carbonyl (C=O) groups is 1. The number of nitrogens with one attached hydrogen (secondary N) is 1. The topological polar surface area (TPSA) is 88.1 Å². The fourth-order valence-electron chi connectivity index (χ4n) is 0.907. The summed E-state index contributed by atoms with van der Waals surface area (Å²) in [4.78, 5) is 11.2. The SMILES string of the molecule is CCCCN/C(N)=C(\C#N)C(=O)OCC. The summed E-state index contributed by atoms with van der Waals surface area (Å²) in [5.41, 5.74) is 5.39. The van der Waals surface area contributed by atoms with Crippen molar-refractivity contribution in [1.82, 2.24) is 5.32 Å². The van der Waals surface area contributed by atoms with E-state index in [2.05, 4.69) is 10.1 Å². The predicted octanol–water partition coefficient (Wildman–Crippen LogP) is 0.633. The molecule has 84 valence electrons. The molecule has 0 aliphatic rings. The van der Waals surface area contributed by atoms with E-state index in [0.717, 1.165) is 12.8 Å². The number of nitriles is 1. The van der Waals surface area contributed by atoms with Gasteiger partial charge in [0.05, 0.1) is 6.61 Å². The first-order valence-electron chi connectivity index (χ1n) is 4.98. The molecule has 0 atom stereocenters. The highest BCUT2D eigenvalue weighted by atomic mass is 16.5. The van der Waals surface area contributed by atoms with Crippen LogP contribution in [0.25, 0.3) is 0 Å². The summed E-state index contributed by atoms with van der Waals surface area (Å²) in [5, 5.41) is 11.5. The summed E-state index contributed by atoms with van der Waals surface area (Å²) in [6, 6.07) is 1.73. The number of esters is 1. The molecule has 0 saturated carbocycles. The van der Waals surface area contributed by atoms with Gasteiger partial charge in [-0.15, -0.1) is 0 Å². The van der Waals surface area contributed by atoms with Crippen LogP contribution in [0.2, 0.25) is 0 Å². The number of nitrogens with two attached hydrogens (primary N) is 1. The van der Waals surface area contributed by atoms with E-state index in [9.17, 15) is 4.79 Å². The molecule has 15 heavy (non-hydrogen) atoms. The van der Waals surface area contributed by atoms with Gasteiger partial charge >= 0.3 is 5.97 Å². The number of ether oxygens (including phenoxy) is 1. The van der Waals surface area contributed by atoms with Crippen LogP contribution in [0, 0.1) is 11.3 Å². The van der Waals surface area contributed by atoms with E-state index in [1.54, 1.807) is 13.0 Å². The Balaban J connectivity index is 4.40. The van der Waals surface area contributed by atoms with Crippen molar-refractivity contribution in [2.45, 2.75) is 26.7 Å². The van der Waals surface area contributed by atoms with Crippen LogP contribution in [-0.4, -0.2) is 19.1 Å². The van der Waals surface area contributed by atoms with Gasteiger partial charge in [0.2, 0.25) is 0 Å². The zero-order valence-corrected chi connectivity index (χ0v) is 9.17. The lowest BCUT2D eigenvalue weighted by Gasteiger charge is -2.07. The van der Waals surface area contributed by atoms with Gasteiger partial charge < -0.3 is 15.8 Å². The van der Waals surface area contributed by atoms with Gasteiger partial charge in [0, 0.05) is 6.54 Å². The minimum Gasteiger partial charge on any atom is -0.462 e. The number of rotatable bonds is 6. The zero-order valence-electron chi connectivity index (χ0n) is 9.17. The quantitative estimate of drug-likeness (QED) is 0.291. The maximum absolute atomic E-state index is 11.2. The molecule has 0 aromatic rings. The van der Waals surface area contributed by atoms with Gasteiger partial charge in [0.15, 0.2) is 5.57 Å². The van der Waals surface area contributed by atoms with Gasteiger partial charge in [-0.2, -0.15) is 5.26 Å². The average Bonchev–Trinajstić information content (AvgIpc) is 2.19. The molecule has 3 N–H and O–H groups in total. The van der Waals surface area contributed by atoms with Crippen LogP contribution in [0.4, 0.5) is 0 Å². The van der Waals surface area contributed by atoms with E-state index in [1.165, 1.54) is 0 Å². The largest absolute Gasteiger partial charge is 0.462 e. The molecule has 0 aromatic carbocycles. The first-order valence-corrected chi connectivity index (χ1v) is 4.98. The molecule has 0 aliphatic heterocycles. The van der Waals surface area contributed by atoms with E-state index in [1.807, 2.05) is 6.92 Å². The lowest BCUT2D eigenvalue weighted by Crippen LogP contribution is -2.26. The molecule has 0 amide bonds. The first kappa shape index (κ1) is 13.3. The molecule has 0 rings (SSSR count). The maximum atomic E-state index is 11.2. The molecule has 0 bridgehead atoms. The lowest BCUT2D eigenvalue weighted by molar-refractivity contribution is -0.138. The minimum absolute atomic E-state index is 0.0874. The first-order chi connectivity index (χ1) is 7.17. The molecular weight excluding hydrogens is 194 g/mol. The fourth-order valence-corrected chi connectivity index (χ4v) is 0.907. The van der Waals surface area contributed by atoms with Gasteiger partial charge in [-0.3, -0.25) is 0 Å². The van der Waals surface area contributed by atoms with Gasteiger partial charge in [-0.05, 0) is 13.3 Å². The van der Waals surface area contributed by atoms with Crippen molar-refractivity contribution >= 4 is 5.97 Å². The van der Waals surface area contributed by atoms with Crippen molar-refractivity contribution in [2.75, 3.05) is 13.2 Å². The van der Waals surface area contributed by atoms with Gasteiger partial charge in [0.25, 0.3) is 0 Å². The third-order valence-electron chi connectivity index (χ3n) is 1.71. The summed E-state index contributed by atoms with van der Waals surface area (Å²) in [6.07, 6.45) is 1.95. The van der Waals surface area contributed by atoms with Crippen molar-refractivity contribution in [3.8, 4) is 6.07 Å². The Bertz CT molecular complexity index is 279. The van der Waals surface area contributed by atoms with Gasteiger partial charge in [-0.25, -0.2) is 4.79 Å². The second kappa shape index (κ2) is 7.68. The second-order valence-corrected chi connectivity index (χ2v) is 2.90. The Morgan fingerprint density at radius 2 is 2.20 bits per heavy atom. The fraction of sp³-hybridized carbons (Fsp3) is 0.600. The number of hydrogen-bond acceptors (Lipinski definition) is 5. The third-order valence-corrected chi connectivity index (χ3v) is 1.71. The second-order valence-electron chi connectivity index (χ2n) is 2.90. The monoisotopic (exact) mass is 211 g/mol. The van der Waals surface area contributed by atoms with Crippen molar-refractivity contribution in [3.63, 3.8) is 0 Å². The Hall–Kier alpha value is -1.70. The Labute approximate surface area is 89.9 Å². The zero-order chi connectivity index (χ0) is 11.7. The molecule has 0 heterocycles. The molecule has 0 spiro atoms. The van der Waals surface area contributed by atoms with E-state index in [0.29, 0.717) is 6.54 Å². The molecule has 0 unspecified atom stereocenters.